The van der Waals surface area contributed by atoms with Crippen LogP contribution in [0.1, 0.15) is 48.0 Å². The zero-order valence-corrected chi connectivity index (χ0v) is 15.2. The SMILES string of the molecule is CC(C)(C)OC(=O)NCCC(O)O[Si](C)(C)C(C)(C)C. The van der Waals surface area contributed by atoms with Crippen LogP contribution in [-0.2, 0) is 9.16 Å². The van der Waals surface area contributed by atoms with Gasteiger partial charge in [-0.1, -0.05) is 20.8 Å². The Kier molecular flexibility index (Phi) is 6.71. The lowest BCUT2D eigenvalue weighted by molar-refractivity contribution is -0.0333. The van der Waals surface area contributed by atoms with Crippen LogP contribution < -0.4 is 5.32 Å². The van der Waals surface area contributed by atoms with Crippen molar-refractivity contribution in [2.45, 2.75) is 78.0 Å². The molecule has 0 rings (SSSR count). The molecule has 0 spiro atoms. The van der Waals surface area contributed by atoms with Gasteiger partial charge in [-0.3, -0.25) is 0 Å². The largest absolute Gasteiger partial charge is 0.444 e. The average molecular weight is 305 g/mol. The van der Waals surface area contributed by atoms with Crippen molar-refractivity contribution in [1.82, 2.24) is 5.32 Å². The summed E-state index contributed by atoms with van der Waals surface area (Å²) >= 11 is 0. The molecule has 0 saturated carbocycles. The molecular weight excluding hydrogens is 274 g/mol. The Morgan fingerprint density at radius 3 is 2.10 bits per heavy atom. The number of aliphatic hydroxyl groups excluding tert-OH is 1. The molecule has 5 nitrogen and oxygen atoms in total. The van der Waals surface area contributed by atoms with Gasteiger partial charge < -0.3 is 19.6 Å². The first-order chi connectivity index (χ1) is 8.74. The lowest BCUT2D eigenvalue weighted by Crippen LogP contribution is -2.44. The van der Waals surface area contributed by atoms with Crippen LogP contribution in [0.15, 0.2) is 0 Å². The number of carbonyl (C=O) groups is 1. The first-order valence-electron chi connectivity index (χ1n) is 7.07. The van der Waals surface area contributed by atoms with Crippen molar-refractivity contribution < 1.29 is 19.1 Å². The number of aliphatic hydroxyl groups is 1. The molecule has 2 N–H and O–H groups in total. The molecule has 0 aliphatic carbocycles. The van der Waals surface area contributed by atoms with E-state index in [0.717, 1.165) is 0 Å². The third-order valence-electron chi connectivity index (χ3n) is 3.30. The highest BCUT2D eigenvalue weighted by Gasteiger charge is 2.38. The average Bonchev–Trinajstić information content (AvgIpc) is 2.11. The summed E-state index contributed by atoms with van der Waals surface area (Å²) in [5, 5.41) is 12.6. The number of alkyl carbamates (subject to hydrolysis) is 1. The van der Waals surface area contributed by atoms with Crippen LogP contribution in [-0.4, -0.2) is 38.0 Å². The van der Waals surface area contributed by atoms with E-state index in [4.69, 9.17) is 9.16 Å². The number of nitrogens with one attached hydrogen (secondary N) is 1. The minimum atomic E-state index is -1.98. The van der Waals surface area contributed by atoms with E-state index in [1.165, 1.54) is 0 Å². The standard InChI is InChI=1S/C14H31NO4Si/c1-13(2,3)18-12(17)15-10-9-11(16)19-20(7,8)14(4,5)6/h11,16H,9-10H2,1-8H3,(H,15,17). The number of hydrogen-bond acceptors (Lipinski definition) is 4. The zero-order valence-electron chi connectivity index (χ0n) is 14.2. The van der Waals surface area contributed by atoms with Gasteiger partial charge in [0.05, 0.1) is 0 Å². The molecule has 0 fully saturated rings. The highest BCUT2D eigenvalue weighted by molar-refractivity contribution is 6.74. The van der Waals surface area contributed by atoms with Gasteiger partial charge in [-0.2, -0.15) is 0 Å². The van der Waals surface area contributed by atoms with Gasteiger partial charge in [-0.05, 0) is 38.9 Å². The fourth-order valence-corrected chi connectivity index (χ4v) is 2.34. The number of ether oxygens (including phenoxy) is 1. The third kappa shape index (κ3) is 7.87. The van der Waals surface area contributed by atoms with Crippen molar-refractivity contribution in [1.29, 1.82) is 0 Å². The van der Waals surface area contributed by atoms with Crippen molar-refractivity contribution in [3.05, 3.63) is 0 Å². The quantitative estimate of drug-likeness (QED) is 0.604. The van der Waals surface area contributed by atoms with Crippen LogP contribution in [0, 0.1) is 0 Å². The smallest absolute Gasteiger partial charge is 0.407 e. The maximum atomic E-state index is 11.4. The summed E-state index contributed by atoms with van der Waals surface area (Å²) in [4.78, 5) is 11.4. The summed E-state index contributed by atoms with van der Waals surface area (Å²) in [6.07, 6.45) is -0.978. The van der Waals surface area contributed by atoms with Crippen LogP contribution in [0.25, 0.3) is 0 Å². The molecule has 0 aliphatic heterocycles. The number of hydrogen-bond donors (Lipinski definition) is 2. The molecule has 6 heteroatoms. The Morgan fingerprint density at radius 2 is 1.70 bits per heavy atom. The topological polar surface area (TPSA) is 67.8 Å². The molecule has 0 saturated heterocycles. The van der Waals surface area contributed by atoms with Gasteiger partial charge in [0.25, 0.3) is 0 Å². The lowest BCUT2D eigenvalue weighted by atomic mass is 10.2. The van der Waals surface area contributed by atoms with E-state index in [1.807, 2.05) is 20.8 Å². The van der Waals surface area contributed by atoms with Crippen LogP contribution in [0.2, 0.25) is 18.1 Å². The van der Waals surface area contributed by atoms with Gasteiger partial charge in [0.2, 0.25) is 0 Å². The summed E-state index contributed by atoms with van der Waals surface area (Å²) < 4.78 is 10.9. The van der Waals surface area contributed by atoms with E-state index >= 15 is 0 Å². The number of carbonyl (C=O) groups excluding carboxylic acids is 1. The maximum Gasteiger partial charge on any atom is 0.407 e. The van der Waals surface area contributed by atoms with Gasteiger partial charge in [0.1, 0.15) is 11.9 Å². The van der Waals surface area contributed by atoms with Crippen LogP contribution in [0.3, 0.4) is 0 Å². The van der Waals surface area contributed by atoms with E-state index in [1.54, 1.807) is 0 Å². The third-order valence-corrected chi connectivity index (χ3v) is 7.77. The van der Waals surface area contributed by atoms with E-state index in [2.05, 4.69) is 39.2 Å². The van der Waals surface area contributed by atoms with Crippen molar-refractivity contribution in [3.63, 3.8) is 0 Å². The van der Waals surface area contributed by atoms with E-state index < -0.39 is 26.3 Å². The van der Waals surface area contributed by atoms with Crippen molar-refractivity contribution in [2.24, 2.45) is 0 Å². The van der Waals surface area contributed by atoms with Crippen LogP contribution >= 0.6 is 0 Å². The first-order valence-corrected chi connectivity index (χ1v) is 9.98. The first kappa shape index (κ1) is 19.4. The molecule has 0 aliphatic rings. The van der Waals surface area contributed by atoms with Crippen LogP contribution in [0.4, 0.5) is 4.79 Å². The minimum Gasteiger partial charge on any atom is -0.444 e. The molecule has 1 unspecified atom stereocenters. The lowest BCUT2D eigenvalue weighted by Gasteiger charge is -2.37. The Labute approximate surface area is 124 Å². The molecule has 1 atom stereocenters. The monoisotopic (exact) mass is 305 g/mol. The van der Waals surface area contributed by atoms with E-state index in [0.29, 0.717) is 13.0 Å². The Morgan fingerprint density at radius 1 is 1.20 bits per heavy atom. The fraction of sp³-hybridized carbons (Fsp3) is 0.929. The molecule has 120 valence electrons. The highest BCUT2D eigenvalue weighted by atomic mass is 28.4. The molecule has 1 amide bonds. The number of rotatable bonds is 5. The summed E-state index contributed by atoms with van der Waals surface area (Å²) in [6.45, 7) is 16.3. The summed E-state index contributed by atoms with van der Waals surface area (Å²) in [6, 6.07) is 0. The molecule has 0 heterocycles. The molecular formula is C14H31NO4Si. The van der Waals surface area contributed by atoms with Gasteiger partial charge in [0, 0.05) is 13.0 Å². The molecule has 0 aromatic rings. The second-order valence-corrected chi connectivity index (χ2v) is 12.3. The fourth-order valence-electron chi connectivity index (χ4n) is 1.19. The summed E-state index contributed by atoms with van der Waals surface area (Å²) in [7, 11) is -1.98. The van der Waals surface area contributed by atoms with Gasteiger partial charge >= 0.3 is 6.09 Å². The number of amides is 1. The minimum absolute atomic E-state index is 0.0482. The van der Waals surface area contributed by atoms with Gasteiger partial charge in [0.15, 0.2) is 8.32 Å². The van der Waals surface area contributed by atoms with Crippen molar-refractivity contribution >= 4 is 14.4 Å². The molecule has 20 heavy (non-hydrogen) atoms. The predicted octanol–water partition coefficient (Wildman–Crippen LogP) is 3.24. The van der Waals surface area contributed by atoms with Crippen LogP contribution in [0.5, 0.6) is 0 Å². The molecule has 0 radical (unpaired) electrons. The van der Waals surface area contributed by atoms with E-state index in [9.17, 15) is 9.90 Å². The maximum absolute atomic E-state index is 11.4. The van der Waals surface area contributed by atoms with Gasteiger partial charge in [-0.25, -0.2) is 4.79 Å². The van der Waals surface area contributed by atoms with Gasteiger partial charge in [-0.15, -0.1) is 0 Å². The molecule has 0 bridgehead atoms. The second-order valence-electron chi connectivity index (χ2n) is 7.55. The molecule has 0 aromatic heterocycles. The normalized spacial score (nSPS) is 14.8. The summed E-state index contributed by atoms with van der Waals surface area (Å²) in [5.41, 5.74) is -0.514. The Hall–Kier alpha value is -0.593. The zero-order chi connectivity index (χ0) is 16.2. The second kappa shape index (κ2) is 6.91. The van der Waals surface area contributed by atoms with Crippen molar-refractivity contribution in [3.8, 4) is 0 Å². The summed E-state index contributed by atoms with van der Waals surface area (Å²) in [5.74, 6) is 0. The highest BCUT2D eigenvalue weighted by Crippen LogP contribution is 2.37. The molecule has 0 aromatic carbocycles. The Bertz CT molecular complexity index is 318. The Balaban J connectivity index is 4.07. The van der Waals surface area contributed by atoms with Crippen molar-refractivity contribution in [2.75, 3.05) is 6.54 Å². The predicted molar refractivity (Wildman–Crippen MR) is 83.1 cm³/mol. The van der Waals surface area contributed by atoms with E-state index in [-0.39, 0.29) is 5.04 Å².